The number of benzene rings is 3. The third kappa shape index (κ3) is 2.52. The van der Waals surface area contributed by atoms with Gasteiger partial charge >= 0.3 is 0 Å². The first kappa shape index (κ1) is 15.4. The minimum atomic E-state index is 0.984. The summed E-state index contributed by atoms with van der Waals surface area (Å²) in [5, 5.41) is 1.13. The van der Waals surface area contributed by atoms with Crippen LogP contribution in [0.25, 0.3) is 44.3 Å². The second-order valence-corrected chi connectivity index (χ2v) is 7.24. The molecule has 0 aliphatic rings. The minimum absolute atomic E-state index is 0.984. The van der Waals surface area contributed by atoms with E-state index in [0.717, 1.165) is 37.7 Å². The van der Waals surface area contributed by atoms with Crippen molar-refractivity contribution >= 4 is 37.9 Å². The van der Waals surface area contributed by atoms with Crippen LogP contribution in [-0.2, 0) is 0 Å². The number of H-pyrrole nitrogens is 1. The Morgan fingerprint density at radius 2 is 1.42 bits per heavy atom. The molecule has 0 radical (unpaired) electrons. The summed E-state index contributed by atoms with van der Waals surface area (Å²) >= 11 is 3.59. The molecule has 0 saturated carbocycles. The average Bonchev–Trinajstić information content (AvgIpc) is 3.06. The number of hydrogen-bond donors (Lipinski definition) is 1. The smallest absolute Gasteiger partial charge is 0.0971 e. The van der Waals surface area contributed by atoms with Crippen molar-refractivity contribution in [2.45, 2.75) is 0 Å². The summed E-state index contributed by atoms with van der Waals surface area (Å²) in [5.41, 5.74) is 7.63. The Bertz CT molecular complexity index is 1230. The zero-order chi connectivity index (χ0) is 17.5. The summed E-state index contributed by atoms with van der Waals surface area (Å²) in [7, 11) is 0. The highest BCUT2D eigenvalue weighted by Gasteiger charge is 2.14. The fraction of sp³-hybridized carbons (Fsp3) is 0. The van der Waals surface area contributed by atoms with E-state index in [-0.39, 0.29) is 0 Å². The van der Waals surface area contributed by atoms with Crippen molar-refractivity contribution < 1.29 is 0 Å². The third-order valence-electron chi connectivity index (χ3n) is 4.67. The van der Waals surface area contributed by atoms with Crippen molar-refractivity contribution in [3.8, 4) is 22.4 Å². The zero-order valence-electron chi connectivity index (χ0n) is 13.9. The van der Waals surface area contributed by atoms with Gasteiger partial charge in [0.15, 0.2) is 0 Å². The van der Waals surface area contributed by atoms with Crippen molar-refractivity contribution in [3.63, 3.8) is 0 Å². The number of fused-ring (bicyclic) bond motifs is 3. The molecular weight excluding hydrogens is 384 g/mol. The molecule has 0 fully saturated rings. The predicted molar refractivity (Wildman–Crippen MR) is 112 cm³/mol. The molecule has 5 aromatic rings. The normalized spacial score (nSPS) is 11.3. The van der Waals surface area contributed by atoms with E-state index in [4.69, 9.17) is 4.98 Å². The molecule has 0 saturated heterocycles. The van der Waals surface area contributed by atoms with Crippen LogP contribution in [0.2, 0.25) is 0 Å². The lowest BCUT2D eigenvalue weighted by Gasteiger charge is -2.08. The van der Waals surface area contributed by atoms with Gasteiger partial charge in [0, 0.05) is 26.5 Å². The van der Waals surface area contributed by atoms with Gasteiger partial charge in [-0.25, -0.2) is 4.98 Å². The van der Waals surface area contributed by atoms with Gasteiger partial charge in [-0.05, 0) is 29.8 Å². The quantitative estimate of drug-likeness (QED) is 0.347. The molecule has 5 rings (SSSR count). The van der Waals surface area contributed by atoms with Crippen LogP contribution in [0.5, 0.6) is 0 Å². The van der Waals surface area contributed by atoms with Crippen molar-refractivity contribution in [2.24, 2.45) is 0 Å². The molecule has 2 aromatic heterocycles. The summed E-state index contributed by atoms with van der Waals surface area (Å²) in [4.78, 5) is 8.58. The Balaban J connectivity index is 1.90. The van der Waals surface area contributed by atoms with E-state index < -0.39 is 0 Å². The van der Waals surface area contributed by atoms with Gasteiger partial charge in [-0.15, -0.1) is 0 Å². The number of hydrogen-bond acceptors (Lipinski definition) is 1. The van der Waals surface area contributed by atoms with Crippen molar-refractivity contribution in [3.05, 3.63) is 89.4 Å². The highest BCUT2D eigenvalue weighted by atomic mass is 79.9. The van der Waals surface area contributed by atoms with E-state index in [0.29, 0.717) is 0 Å². The van der Waals surface area contributed by atoms with E-state index in [1.165, 1.54) is 11.1 Å². The molecule has 3 aromatic carbocycles. The monoisotopic (exact) mass is 398 g/mol. The van der Waals surface area contributed by atoms with E-state index in [1.807, 2.05) is 12.1 Å². The number of halogens is 1. The molecule has 2 heterocycles. The molecule has 0 aliphatic carbocycles. The molecular formula is C23H15BrN2. The van der Waals surface area contributed by atoms with Gasteiger partial charge in [0.25, 0.3) is 0 Å². The Hall–Kier alpha value is -2.91. The zero-order valence-corrected chi connectivity index (χ0v) is 15.5. The molecule has 0 bridgehead atoms. The summed E-state index contributed by atoms with van der Waals surface area (Å²) in [6.45, 7) is 0. The van der Waals surface area contributed by atoms with Gasteiger partial charge in [0.1, 0.15) is 0 Å². The van der Waals surface area contributed by atoms with Gasteiger partial charge in [-0.1, -0.05) is 76.6 Å². The summed E-state index contributed by atoms with van der Waals surface area (Å²) < 4.78 is 1.05. The Labute approximate surface area is 159 Å². The number of aromatic amines is 1. The van der Waals surface area contributed by atoms with Gasteiger partial charge < -0.3 is 4.98 Å². The van der Waals surface area contributed by atoms with Crippen LogP contribution in [0.3, 0.4) is 0 Å². The van der Waals surface area contributed by atoms with Crippen LogP contribution < -0.4 is 0 Å². The number of nitrogens with zero attached hydrogens (tertiary/aromatic N) is 1. The standard InChI is InChI=1S/C23H15BrN2/c24-17-11-12-20-19(13-17)23-22(25-20)18(15-7-3-1-4-8-15)14-21(26-23)16-9-5-2-6-10-16/h1-14,25H. The molecule has 26 heavy (non-hydrogen) atoms. The van der Waals surface area contributed by atoms with Gasteiger partial charge in [-0.2, -0.15) is 0 Å². The number of rotatable bonds is 2. The van der Waals surface area contributed by atoms with Crippen LogP contribution in [0.4, 0.5) is 0 Å². The van der Waals surface area contributed by atoms with E-state index in [9.17, 15) is 0 Å². The second-order valence-electron chi connectivity index (χ2n) is 6.33. The average molecular weight is 399 g/mol. The lowest BCUT2D eigenvalue weighted by molar-refractivity contribution is 1.40. The van der Waals surface area contributed by atoms with E-state index in [2.05, 4.69) is 93.7 Å². The summed E-state index contributed by atoms with van der Waals surface area (Å²) in [6, 6.07) is 29.3. The predicted octanol–water partition coefficient (Wildman–Crippen LogP) is 6.81. The van der Waals surface area contributed by atoms with Gasteiger partial charge in [-0.3, -0.25) is 0 Å². The summed E-state index contributed by atoms with van der Waals surface area (Å²) in [5.74, 6) is 0. The minimum Gasteiger partial charge on any atom is -0.353 e. The molecule has 124 valence electrons. The topological polar surface area (TPSA) is 28.7 Å². The van der Waals surface area contributed by atoms with Gasteiger partial charge in [0.05, 0.1) is 16.7 Å². The third-order valence-corrected chi connectivity index (χ3v) is 5.16. The van der Waals surface area contributed by atoms with Crippen LogP contribution in [0, 0.1) is 0 Å². The number of aromatic nitrogens is 2. The maximum atomic E-state index is 5.01. The first-order chi connectivity index (χ1) is 12.8. The number of nitrogens with one attached hydrogen (secondary N) is 1. The molecule has 3 heteroatoms. The summed E-state index contributed by atoms with van der Waals surface area (Å²) in [6.07, 6.45) is 0. The lowest BCUT2D eigenvalue weighted by Crippen LogP contribution is -1.88. The van der Waals surface area contributed by atoms with Crippen LogP contribution in [-0.4, -0.2) is 9.97 Å². The molecule has 0 unspecified atom stereocenters. The fourth-order valence-electron chi connectivity index (χ4n) is 3.42. The Morgan fingerprint density at radius 3 is 2.15 bits per heavy atom. The lowest BCUT2D eigenvalue weighted by atomic mass is 10.0. The van der Waals surface area contributed by atoms with Gasteiger partial charge in [0.2, 0.25) is 0 Å². The molecule has 0 atom stereocenters. The first-order valence-electron chi connectivity index (χ1n) is 8.52. The second kappa shape index (κ2) is 6.11. The SMILES string of the molecule is Brc1ccc2[nH]c3c(-c4ccccc4)cc(-c4ccccc4)nc3c2c1. The van der Waals surface area contributed by atoms with E-state index in [1.54, 1.807) is 0 Å². The maximum Gasteiger partial charge on any atom is 0.0971 e. The molecule has 1 N–H and O–H groups in total. The largest absolute Gasteiger partial charge is 0.353 e. The van der Waals surface area contributed by atoms with Crippen LogP contribution in [0.15, 0.2) is 89.4 Å². The first-order valence-corrected chi connectivity index (χ1v) is 9.32. The van der Waals surface area contributed by atoms with Crippen molar-refractivity contribution in [1.82, 2.24) is 9.97 Å². The van der Waals surface area contributed by atoms with Crippen molar-refractivity contribution in [2.75, 3.05) is 0 Å². The molecule has 0 amide bonds. The molecule has 0 spiro atoms. The highest BCUT2D eigenvalue weighted by Crippen LogP contribution is 2.36. The van der Waals surface area contributed by atoms with E-state index >= 15 is 0 Å². The maximum absolute atomic E-state index is 5.01. The molecule has 2 nitrogen and oxygen atoms in total. The Morgan fingerprint density at radius 1 is 0.731 bits per heavy atom. The molecule has 0 aliphatic heterocycles. The van der Waals surface area contributed by atoms with Crippen molar-refractivity contribution in [1.29, 1.82) is 0 Å². The number of pyridine rings is 1. The van der Waals surface area contributed by atoms with Crippen LogP contribution in [0.1, 0.15) is 0 Å². The Kier molecular flexibility index (Phi) is 3.61. The van der Waals surface area contributed by atoms with Crippen LogP contribution >= 0.6 is 15.9 Å². The fourth-order valence-corrected chi connectivity index (χ4v) is 3.79. The highest BCUT2D eigenvalue weighted by molar-refractivity contribution is 9.10.